The van der Waals surface area contributed by atoms with E-state index in [0.29, 0.717) is 30.2 Å². The minimum atomic E-state index is 0.336. The van der Waals surface area contributed by atoms with Gasteiger partial charge in [-0.15, -0.1) is 0 Å². The van der Waals surface area contributed by atoms with E-state index < -0.39 is 0 Å². The molecule has 2 unspecified atom stereocenters. The van der Waals surface area contributed by atoms with Gasteiger partial charge in [-0.3, -0.25) is 9.48 Å². The Kier molecular flexibility index (Phi) is 5.75. The SMILES string of the molecule is CC(CC(=O)N1CCC(n2cc(Br)cn2)CC1)C1CCCNC1. The number of nitrogens with one attached hydrogen (secondary N) is 1. The van der Waals surface area contributed by atoms with Gasteiger partial charge in [-0.05, 0) is 66.5 Å². The first-order valence-corrected chi connectivity index (χ1v) is 9.61. The summed E-state index contributed by atoms with van der Waals surface area (Å²) < 4.78 is 3.05. The van der Waals surface area contributed by atoms with Crippen LogP contribution >= 0.6 is 15.9 Å². The Morgan fingerprint density at radius 1 is 1.43 bits per heavy atom. The summed E-state index contributed by atoms with van der Waals surface area (Å²) in [7, 11) is 0. The summed E-state index contributed by atoms with van der Waals surface area (Å²) in [5, 5.41) is 7.83. The second kappa shape index (κ2) is 7.79. The predicted molar refractivity (Wildman–Crippen MR) is 94.2 cm³/mol. The first kappa shape index (κ1) is 17.0. The number of likely N-dealkylation sites (tertiary alicyclic amines) is 1. The van der Waals surface area contributed by atoms with Gasteiger partial charge < -0.3 is 10.2 Å². The summed E-state index contributed by atoms with van der Waals surface area (Å²) >= 11 is 3.45. The van der Waals surface area contributed by atoms with Crippen molar-refractivity contribution in [3.8, 4) is 0 Å². The largest absolute Gasteiger partial charge is 0.343 e. The zero-order valence-corrected chi connectivity index (χ0v) is 15.5. The Bertz CT molecular complexity index is 518. The zero-order chi connectivity index (χ0) is 16.2. The number of carbonyl (C=O) groups is 1. The molecule has 0 aliphatic carbocycles. The molecular formula is C17H27BrN4O. The van der Waals surface area contributed by atoms with Crippen molar-refractivity contribution in [3.63, 3.8) is 0 Å². The van der Waals surface area contributed by atoms with Gasteiger partial charge in [-0.2, -0.15) is 5.10 Å². The Hall–Kier alpha value is -0.880. The summed E-state index contributed by atoms with van der Waals surface area (Å²) in [5.41, 5.74) is 0. The van der Waals surface area contributed by atoms with E-state index in [0.717, 1.165) is 43.5 Å². The first-order valence-electron chi connectivity index (χ1n) is 8.81. The summed E-state index contributed by atoms with van der Waals surface area (Å²) in [6.07, 6.45) is 9.06. The number of rotatable bonds is 4. The molecule has 2 aliphatic heterocycles. The lowest BCUT2D eigenvalue weighted by Gasteiger charge is -2.34. The highest BCUT2D eigenvalue weighted by atomic mass is 79.9. The lowest BCUT2D eigenvalue weighted by atomic mass is 9.85. The van der Waals surface area contributed by atoms with Gasteiger partial charge in [-0.1, -0.05) is 6.92 Å². The van der Waals surface area contributed by atoms with E-state index in [1.165, 1.54) is 12.8 Å². The van der Waals surface area contributed by atoms with E-state index in [9.17, 15) is 4.79 Å². The van der Waals surface area contributed by atoms with Crippen molar-refractivity contribution in [3.05, 3.63) is 16.9 Å². The van der Waals surface area contributed by atoms with Crippen molar-refractivity contribution in [2.75, 3.05) is 26.2 Å². The Balaban J connectivity index is 1.46. The molecule has 1 aromatic heterocycles. The Labute approximate surface area is 146 Å². The molecule has 2 atom stereocenters. The van der Waals surface area contributed by atoms with Gasteiger partial charge in [0.25, 0.3) is 0 Å². The maximum atomic E-state index is 12.6. The third-order valence-electron chi connectivity index (χ3n) is 5.40. The van der Waals surface area contributed by atoms with E-state index in [-0.39, 0.29) is 0 Å². The fraction of sp³-hybridized carbons (Fsp3) is 0.765. The molecule has 0 saturated carbocycles. The summed E-state index contributed by atoms with van der Waals surface area (Å²) in [5.74, 6) is 1.48. The highest BCUT2D eigenvalue weighted by molar-refractivity contribution is 9.10. The highest BCUT2D eigenvalue weighted by Gasteiger charge is 2.27. The number of halogens is 1. The number of piperidine rings is 2. The minimum Gasteiger partial charge on any atom is -0.343 e. The van der Waals surface area contributed by atoms with Gasteiger partial charge in [0.2, 0.25) is 5.91 Å². The van der Waals surface area contributed by atoms with E-state index in [2.05, 4.69) is 38.2 Å². The van der Waals surface area contributed by atoms with Crippen LogP contribution in [0.4, 0.5) is 0 Å². The molecule has 6 heteroatoms. The Morgan fingerprint density at radius 3 is 2.83 bits per heavy atom. The van der Waals surface area contributed by atoms with Crippen LogP contribution in [-0.4, -0.2) is 46.8 Å². The van der Waals surface area contributed by atoms with Crippen LogP contribution in [0.3, 0.4) is 0 Å². The summed E-state index contributed by atoms with van der Waals surface area (Å²) in [4.78, 5) is 14.6. The maximum Gasteiger partial charge on any atom is 0.222 e. The standard InChI is InChI=1S/C17H27BrN4O/c1-13(14-3-2-6-19-10-14)9-17(23)21-7-4-16(5-8-21)22-12-15(18)11-20-22/h11-14,16,19H,2-10H2,1H3. The predicted octanol–water partition coefficient (Wildman–Crippen LogP) is 2.83. The molecule has 5 nitrogen and oxygen atoms in total. The molecule has 0 spiro atoms. The average Bonchev–Trinajstić information content (AvgIpc) is 3.02. The molecule has 1 aromatic rings. The molecule has 0 aromatic carbocycles. The normalized spacial score (nSPS) is 24.6. The monoisotopic (exact) mass is 382 g/mol. The van der Waals surface area contributed by atoms with Gasteiger partial charge in [0.05, 0.1) is 16.7 Å². The highest BCUT2D eigenvalue weighted by Crippen LogP contribution is 2.26. The van der Waals surface area contributed by atoms with Crippen LogP contribution in [0.25, 0.3) is 0 Å². The number of hydrogen-bond donors (Lipinski definition) is 1. The molecule has 0 radical (unpaired) electrons. The van der Waals surface area contributed by atoms with Crippen LogP contribution in [0, 0.1) is 11.8 Å². The zero-order valence-electron chi connectivity index (χ0n) is 13.9. The third kappa shape index (κ3) is 4.35. The molecule has 2 fully saturated rings. The fourth-order valence-electron chi connectivity index (χ4n) is 3.83. The van der Waals surface area contributed by atoms with Gasteiger partial charge in [0.15, 0.2) is 0 Å². The second-order valence-electron chi connectivity index (χ2n) is 7.04. The maximum absolute atomic E-state index is 12.6. The second-order valence-corrected chi connectivity index (χ2v) is 7.95. The summed E-state index contributed by atoms with van der Waals surface area (Å²) in [6, 6.07) is 0.422. The smallest absolute Gasteiger partial charge is 0.222 e. The van der Waals surface area contributed by atoms with Crippen molar-refractivity contribution in [1.82, 2.24) is 20.0 Å². The van der Waals surface area contributed by atoms with E-state index in [1.54, 1.807) is 0 Å². The topological polar surface area (TPSA) is 50.2 Å². The molecule has 1 amide bonds. The lowest BCUT2D eigenvalue weighted by Crippen LogP contribution is -2.41. The lowest BCUT2D eigenvalue weighted by molar-refractivity contribution is -0.133. The number of aromatic nitrogens is 2. The molecule has 3 heterocycles. The van der Waals surface area contributed by atoms with Gasteiger partial charge in [0.1, 0.15) is 0 Å². The number of amides is 1. The molecule has 1 N–H and O–H groups in total. The van der Waals surface area contributed by atoms with Crippen LogP contribution in [0.15, 0.2) is 16.9 Å². The fourth-order valence-corrected chi connectivity index (χ4v) is 4.13. The minimum absolute atomic E-state index is 0.336. The average molecular weight is 383 g/mol. The molecule has 3 rings (SSSR count). The van der Waals surface area contributed by atoms with Crippen LogP contribution in [0.1, 0.15) is 45.1 Å². The number of nitrogens with zero attached hydrogens (tertiary/aromatic N) is 3. The molecule has 2 aliphatic rings. The van der Waals surface area contributed by atoms with Crippen LogP contribution in [0.5, 0.6) is 0 Å². The van der Waals surface area contributed by atoms with Crippen LogP contribution in [0.2, 0.25) is 0 Å². The number of carbonyl (C=O) groups excluding carboxylic acids is 1. The molecule has 0 bridgehead atoms. The molecule has 2 saturated heterocycles. The van der Waals surface area contributed by atoms with Crippen LogP contribution in [-0.2, 0) is 4.79 Å². The first-order chi connectivity index (χ1) is 11.1. The van der Waals surface area contributed by atoms with Gasteiger partial charge in [0, 0.05) is 25.7 Å². The Morgan fingerprint density at radius 2 is 2.22 bits per heavy atom. The molecular weight excluding hydrogens is 356 g/mol. The van der Waals surface area contributed by atoms with E-state index >= 15 is 0 Å². The quantitative estimate of drug-likeness (QED) is 0.870. The summed E-state index contributed by atoms with van der Waals surface area (Å²) in [6.45, 7) is 6.16. The van der Waals surface area contributed by atoms with Gasteiger partial charge in [-0.25, -0.2) is 0 Å². The van der Waals surface area contributed by atoms with Crippen molar-refractivity contribution in [1.29, 1.82) is 0 Å². The van der Waals surface area contributed by atoms with E-state index in [1.807, 2.05) is 17.1 Å². The van der Waals surface area contributed by atoms with Crippen molar-refractivity contribution < 1.29 is 4.79 Å². The van der Waals surface area contributed by atoms with Crippen molar-refractivity contribution in [2.45, 2.75) is 45.1 Å². The molecule has 23 heavy (non-hydrogen) atoms. The van der Waals surface area contributed by atoms with Crippen molar-refractivity contribution in [2.24, 2.45) is 11.8 Å². The van der Waals surface area contributed by atoms with Crippen molar-refractivity contribution >= 4 is 21.8 Å². The third-order valence-corrected chi connectivity index (χ3v) is 5.81. The van der Waals surface area contributed by atoms with E-state index in [4.69, 9.17) is 0 Å². The number of hydrogen-bond acceptors (Lipinski definition) is 3. The molecule has 128 valence electrons. The van der Waals surface area contributed by atoms with Gasteiger partial charge >= 0.3 is 0 Å². The van der Waals surface area contributed by atoms with Crippen LogP contribution < -0.4 is 5.32 Å².